The molecule has 0 fully saturated rings. The van der Waals surface area contributed by atoms with E-state index in [1.165, 1.54) is 5.56 Å². The molecule has 0 heterocycles. The Morgan fingerprint density at radius 2 is 1.69 bits per heavy atom. The van der Waals surface area contributed by atoms with Crippen LogP contribution in [-0.4, -0.2) is 14.7 Å². The highest BCUT2D eigenvalue weighted by molar-refractivity contribution is 7.92. The van der Waals surface area contributed by atoms with E-state index in [0.29, 0.717) is 5.69 Å². The van der Waals surface area contributed by atoms with Gasteiger partial charge in [0.25, 0.3) is 0 Å². The van der Waals surface area contributed by atoms with Crippen LogP contribution in [0.5, 0.6) is 0 Å². The number of nitrogens with one attached hydrogen (secondary N) is 1. The number of hydrogen-bond donors (Lipinski definition) is 1. The van der Waals surface area contributed by atoms with Crippen LogP contribution >= 0.6 is 0 Å². The molecule has 0 radical (unpaired) electrons. The highest BCUT2D eigenvalue weighted by Gasteiger charge is 2.17. The molecule has 0 aliphatic carbocycles. The Morgan fingerprint density at radius 3 is 2.06 bits per heavy atom. The molecule has 1 aromatic carbocycles. The van der Waals surface area contributed by atoms with Gasteiger partial charge in [-0.1, -0.05) is 32.9 Å². The summed E-state index contributed by atoms with van der Waals surface area (Å²) < 4.78 is 24.5. The van der Waals surface area contributed by atoms with Crippen LogP contribution in [0.1, 0.15) is 32.8 Å². The lowest BCUT2D eigenvalue weighted by atomic mass is 9.82. The summed E-state index contributed by atoms with van der Waals surface area (Å²) in [4.78, 5) is 0. The molecule has 1 rings (SSSR count). The predicted octanol–water partition coefficient (Wildman–Crippen LogP) is 2.75. The first-order valence-electron chi connectivity index (χ1n) is 5.33. The van der Waals surface area contributed by atoms with Gasteiger partial charge in [0.1, 0.15) is 0 Å². The molecule has 0 spiro atoms. The molecule has 0 aromatic heterocycles. The van der Waals surface area contributed by atoms with Crippen LogP contribution in [-0.2, 0) is 15.4 Å². The van der Waals surface area contributed by atoms with Crippen molar-refractivity contribution in [2.45, 2.75) is 32.6 Å². The number of anilines is 1. The molecule has 0 atom stereocenters. The van der Waals surface area contributed by atoms with E-state index in [4.69, 9.17) is 0 Å². The minimum atomic E-state index is -3.18. The Kier molecular flexibility index (Phi) is 3.63. The van der Waals surface area contributed by atoms with Gasteiger partial charge in [-0.25, -0.2) is 8.42 Å². The van der Waals surface area contributed by atoms with Crippen LogP contribution in [0.4, 0.5) is 5.69 Å². The van der Waals surface area contributed by atoms with Crippen molar-refractivity contribution in [1.82, 2.24) is 0 Å². The SMILES string of the molecule is CCC(C)(C)c1ccc(NS(C)(=O)=O)cc1. The van der Waals surface area contributed by atoms with Crippen molar-refractivity contribution in [3.63, 3.8) is 0 Å². The largest absolute Gasteiger partial charge is 0.284 e. The molecule has 3 nitrogen and oxygen atoms in total. The summed E-state index contributed by atoms with van der Waals surface area (Å²) >= 11 is 0. The number of rotatable bonds is 4. The summed E-state index contributed by atoms with van der Waals surface area (Å²) in [6, 6.07) is 7.54. The fourth-order valence-electron chi connectivity index (χ4n) is 1.41. The average molecular weight is 241 g/mol. The van der Waals surface area contributed by atoms with Crippen molar-refractivity contribution in [3.05, 3.63) is 29.8 Å². The Balaban J connectivity index is 2.92. The lowest BCUT2D eigenvalue weighted by Crippen LogP contribution is -2.15. The predicted molar refractivity (Wildman–Crippen MR) is 68.2 cm³/mol. The van der Waals surface area contributed by atoms with E-state index in [1.807, 2.05) is 12.1 Å². The molecular weight excluding hydrogens is 222 g/mol. The minimum Gasteiger partial charge on any atom is -0.284 e. The van der Waals surface area contributed by atoms with E-state index in [2.05, 4.69) is 25.5 Å². The molecule has 1 N–H and O–H groups in total. The van der Waals surface area contributed by atoms with Gasteiger partial charge in [-0.15, -0.1) is 0 Å². The molecule has 1 aromatic rings. The molecule has 0 saturated heterocycles. The van der Waals surface area contributed by atoms with Gasteiger partial charge in [0, 0.05) is 5.69 Å². The highest BCUT2D eigenvalue weighted by atomic mass is 32.2. The quantitative estimate of drug-likeness (QED) is 0.881. The number of hydrogen-bond acceptors (Lipinski definition) is 2. The van der Waals surface area contributed by atoms with Crippen LogP contribution < -0.4 is 4.72 Å². The summed E-state index contributed by atoms with van der Waals surface area (Å²) in [6.45, 7) is 6.49. The van der Waals surface area contributed by atoms with Crippen molar-refractivity contribution < 1.29 is 8.42 Å². The second-order valence-corrected chi connectivity index (χ2v) is 6.44. The van der Waals surface area contributed by atoms with Gasteiger partial charge in [0.15, 0.2) is 0 Å². The standard InChI is InChI=1S/C12H19NO2S/c1-5-12(2,3)10-6-8-11(9-7-10)13-16(4,14)15/h6-9,13H,5H2,1-4H3. The first kappa shape index (κ1) is 13.0. The monoisotopic (exact) mass is 241 g/mol. The van der Waals surface area contributed by atoms with Gasteiger partial charge in [0.2, 0.25) is 10.0 Å². The molecule has 16 heavy (non-hydrogen) atoms. The average Bonchev–Trinajstić information content (AvgIpc) is 2.16. The summed E-state index contributed by atoms with van der Waals surface area (Å²) in [5.74, 6) is 0. The van der Waals surface area contributed by atoms with Crippen LogP contribution in [0.3, 0.4) is 0 Å². The first-order valence-corrected chi connectivity index (χ1v) is 7.22. The van der Waals surface area contributed by atoms with Crippen LogP contribution in [0.25, 0.3) is 0 Å². The van der Waals surface area contributed by atoms with Gasteiger partial charge < -0.3 is 0 Å². The summed E-state index contributed by atoms with van der Waals surface area (Å²) in [6.07, 6.45) is 2.20. The Morgan fingerprint density at radius 1 is 1.19 bits per heavy atom. The minimum absolute atomic E-state index is 0.129. The summed E-state index contributed by atoms with van der Waals surface area (Å²) in [5.41, 5.74) is 1.95. The molecule has 0 amide bonds. The molecule has 0 bridgehead atoms. The van der Waals surface area contributed by atoms with E-state index in [-0.39, 0.29) is 5.41 Å². The third-order valence-corrected chi connectivity index (χ3v) is 3.46. The molecule has 90 valence electrons. The van der Waals surface area contributed by atoms with Crippen LogP contribution in [0, 0.1) is 0 Å². The van der Waals surface area contributed by atoms with Crippen molar-refractivity contribution in [3.8, 4) is 0 Å². The Hall–Kier alpha value is -1.03. The first-order chi connectivity index (χ1) is 7.24. The van der Waals surface area contributed by atoms with Crippen molar-refractivity contribution in [2.24, 2.45) is 0 Å². The van der Waals surface area contributed by atoms with Gasteiger partial charge in [-0.3, -0.25) is 4.72 Å². The van der Waals surface area contributed by atoms with Crippen LogP contribution in [0.2, 0.25) is 0 Å². The van der Waals surface area contributed by atoms with Gasteiger partial charge in [-0.2, -0.15) is 0 Å². The maximum atomic E-state index is 11.0. The maximum absolute atomic E-state index is 11.0. The molecule has 0 saturated carbocycles. The summed E-state index contributed by atoms with van der Waals surface area (Å²) in [5, 5.41) is 0. The normalized spacial score (nSPS) is 12.5. The lowest BCUT2D eigenvalue weighted by molar-refractivity contribution is 0.506. The Bertz CT molecular complexity index is 446. The molecule has 0 unspecified atom stereocenters. The lowest BCUT2D eigenvalue weighted by Gasteiger charge is -2.23. The summed E-state index contributed by atoms with van der Waals surface area (Å²) in [7, 11) is -3.18. The third kappa shape index (κ3) is 3.52. The van der Waals surface area contributed by atoms with Crippen molar-refractivity contribution in [2.75, 3.05) is 11.0 Å². The number of benzene rings is 1. The maximum Gasteiger partial charge on any atom is 0.229 e. The third-order valence-electron chi connectivity index (χ3n) is 2.85. The second-order valence-electron chi connectivity index (χ2n) is 4.69. The zero-order valence-electron chi connectivity index (χ0n) is 10.2. The van der Waals surface area contributed by atoms with Gasteiger partial charge in [-0.05, 0) is 29.5 Å². The van der Waals surface area contributed by atoms with E-state index in [1.54, 1.807) is 12.1 Å². The van der Waals surface area contributed by atoms with E-state index in [0.717, 1.165) is 12.7 Å². The van der Waals surface area contributed by atoms with Gasteiger partial charge in [0.05, 0.1) is 6.26 Å². The van der Waals surface area contributed by atoms with Crippen LogP contribution in [0.15, 0.2) is 24.3 Å². The van der Waals surface area contributed by atoms with E-state index in [9.17, 15) is 8.42 Å². The fraction of sp³-hybridized carbons (Fsp3) is 0.500. The topological polar surface area (TPSA) is 46.2 Å². The molecule has 4 heteroatoms. The van der Waals surface area contributed by atoms with E-state index >= 15 is 0 Å². The zero-order chi connectivity index (χ0) is 12.4. The second kappa shape index (κ2) is 4.45. The van der Waals surface area contributed by atoms with Crippen molar-refractivity contribution >= 4 is 15.7 Å². The fourth-order valence-corrected chi connectivity index (χ4v) is 1.97. The number of sulfonamides is 1. The van der Waals surface area contributed by atoms with Gasteiger partial charge >= 0.3 is 0 Å². The zero-order valence-corrected chi connectivity index (χ0v) is 11.1. The molecule has 0 aliphatic heterocycles. The molecular formula is C12H19NO2S. The van der Waals surface area contributed by atoms with E-state index < -0.39 is 10.0 Å². The Labute approximate surface area is 97.9 Å². The van der Waals surface area contributed by atoms with Crippen molar-refractivity contribution in [1.29, 1.82) is 0 Å². The molecule has 0 aliphatic rings. The highest BCUT2D eigenvalue weighted by Crippen LogP contribution is 2.27. The smallest absolute Gasteiger partial charge is 0.229 e.